The molecule has 0 aliphatic heterocycles. The first kappa shape index (κ1) is 21.1. The van der Waals surface area contributed by atoms with Crippen molar-refractivity contribution in [1.82, 2.24) is 0 Å². The van der Waals surface area contributed by atoms with E-state index in [1.54, 1.807) is 26.8 Å². The molecule has 0 fully saturated rings. The molecule has 1 aromatic rings. The Balaban J connectivity index is 2.58. The van der Waals surface area contributed by atoms with E-state index in [0.29, 0.717) is 0 Å². The fourth-order valence-corrected chi connectivity index (χ4v) is 1.84. The predicted octanol–water partition coefficient (Wildman–Crippen LogP) is 4.94. The van der Waals surface area contributed by atoms with Gasteiger partial charge in [-0.05, 0) is 32.4 Å². The second kappa shape index (κ2) is 9.53. The van der Waals surface area contributed by atoms with Crippen molar-refractivity contribution in [1.29, 1.82) is 0 Å². The second-order valence-electron chi connectivity index (χ2n) is 6.39. The Hall–Kier alpha value is -1.92. The van der Waals surface area contributed by atoms with E-state index in [9.17, 15) is 18.0 Å². The Labute approximate surface area is 146 Å². The molecule has 1 atom stereocenters. The van der Waals surface area contributed by atoms with E-state index in [2.05, 4.69) is 0 Å². The zero-order valence-electron chi connectivity index (χ0n) is 14.5. The summed E-state index contributed by atoms with van der Waals surface area (Å²) >= 11 is 0. The van der Waals surface area contributed by atoms with Gasteiger partial charge in [0.05, 0.1) is 12.0 Å². The third-order valence-electron chi connectivity index (χ3n) is 2.77. The maximum atomic E-state index is 12.3. The highest BCUT2D eigenvalue weighted by Crippen LogP contribution is 2.20. The van der Waals surface area contributed by atoms with E-state index < -0.39 is 24.7 Å². The van der Waals surface area contributed by atoms with Gasteiger partial charge in [0, 0.05) is 0 Å². The van der Waals surface area contributed by atoms with E-state index in [1.807, 2.05) is 36.4 Å². The van der Waals surface area contributed by atoms with Crippen LogP contribution in [0, 0.1) is 0 Å². The number of halogens is 3. The van der Waals surface area contributed by atoms with Gasteiger partial charge in [-0.1, -0.05) is 48.6 Å². The summed E-state index contributed by atoms with van der Waals surface area (Å²) in [5, 5.41) is 0. The summed E-state index contributed by atoms with van der Waals surface area (Å²) in [6.45, 7) is 3.58. The van der Waals surface area contributed by atoms with Crippen LogP contribution in [0.1, 0.15) is 32.8 Å². The maximum absolute atomic E-state index is 12.3. The maximum Gasteiger partial charge on any atom is 0.411 e. The minimum absolute atomic E-state index is 0.289. The molecule has 0 N–H and O–H groups in total. The van der Waals surface area contributed by atoms with Crippen LogP contribution in [0.15, 0.2) is 48.6 Å². The molecule has 3 nitrogen and oxygen atoms in total. The second-order valence-corrected chi connectivity index (χ2v) is 6.39. The van der Waals surface area contributed by atoms with Crippen LogP contribution in [0.25, 0.3) is 6.08 Å². The van der Waals surface area contributed by atoms with Gasteiger partial charge in [0.1, 0.15) is 6.61 Å². The molecule has 0 aliphatic rings. The Bertz CT molecular complexity index is 584. The average molecular weight is 356 g/mol. The minimum Gasteiger partial charge on any atom is -0.347 e. The Kier molecular flexibility index (Phi) is 8.06. The van der Waals surface area contributed by atoms with Crippen molar-refractivity contribution in [2.75, 3.05) is 6.61 Å². The van der Waals surface area contributed by atoms with E-state index in [4.69, 9.17) is 9.47 Å². The third-order valence-corrected chi connectivity index (χ3v) is 2.77. The number of benzene rings is 1. The van der Waals surface area contributed by atoms with Crippen molar-refractivity contribution in [2.24, 2.45) is 0 Å². The predicted molar refractivity (Wildman–Crippen MR) is 90.9 cm³/mol. The lowest BCUT2D eigenvalue weighted by Crippen LogP contribution is -2.33. The summed E-state index contributed by atoms with van der Waals surface area (Å²) in [7, 11) is 0. The lowest BCUT2D eigenvalue weighted by molar-refractivity contribution is -0.250. The number of allylic oxidation sites excluding steroid dienone is 3. The third kappa shape index (κ3) is 11.3. The molecule has 25 heavy (non-hydrogen) atoms. The summed E-state index contributed by atoms with van der Waals surface area (Å²) in [5.74, 6) is -0.380. The van der Waals surface area contributed by atoms with Crippen LogP contribution in [-0.4, -0.2) is 30.5 Å². The first-order chi connectivity index (χ1) is 11.6. The molecule has 0 radical (unpaired) electrons. The number of alkyl halides is 3. The Morgan fingerprint density at radius 1 is 1.12 bits per heavy atom. The zero-order valence-corrected chi connectivity index (χ0v) is 14.5. The molecular formula is C19H23F3O3. The molecule has 6 heteroatoms. The molecule has 0 aliphatic carbocycles. The number of carbonyl (C=O) groups is 1. The lowest BCUT2D eigenvalue weighted by Gasteiger charge is -2.27. The van der Waals surface area contributed by atoms with Gasteiger partial charge in [-0.25, -0.2) is 0 Å². The van der Waals surface area contributed by atoms with E-state index in [1.165, 1.54) is 12.2 Å². The first-order valence-electron chi connectivity index (χ1n) is 7.84. The van der Waals surface area contributed by atoms with Gasteiger partial charge < -0.3 is 9.47 Å². The number of hydrogen-bond donors (Lipinski definition) is 0. The molecule has 1 unspecified atom stereocenters. The molecule has 1 rings (SSSR count). The molecular weight excluding hydrogens is 333 g/mol. The molecule has 0 heterocycles. The highest BCUT2D eigenvalue weighted by Gasteiger charge is 2.31. The quantitative estimate of drug-likeness (QED) is 0.376. The summed E-state index contributed by atoms with van der Waals surface area (Å²) in [4.78, 5) is 11.9. The number of ether oxygens (including phenoxy) is 2. The van der Waals surface area contributed by atoms with Crippen LogP contribution in [0.4, 0.5) is 13.2 Å². The van der Waals surface area contributed by atoms with Crippen molar-refractivity contribution in [3.63, 3.8) is 0 Å². The van der Waals surface area contributed by atoms with Crippen molar-refractivity contribution < 1.29 is 27.4 Å². The monoisotopic (exact) mass is 356 g/mol. The minimum atomic E-state index is -4.48. The molecule has 138 valence electrons. The van der Waals surface area contributed by atoms with Gasteiger partial charge >= 0.3 is 6.18 Å². The van der Waals surface area contributed by atoms with E-state index in [-0.39, 0.29) is 12.2 Å². The average Bonchev–Trinajstić information content (AvgIpc) is 2.48. The largest absolute Gasteiger partial charge is 0.411 e. The lowest BCUT2D eigenvalue weighted by atomic mass is 10.1. The SMILES string of the molecule is CC(C)(C)OC(CC(=O)/C=C/C=C/c1ccccc1)OCC(F)(F)F. The van der Waals surface area contributed by atoms with Crippen LogP contribution < -0.4 is 0 Å². The number of rotatable bonds is 8. The standard InChI is InChI=1S/C19H23F3O3/c1-18(2,3)25-17(24-14-19(20,21)22)13-16(23)12-8-7-11-15-9-5-4-6-10-15/h4-12,17H,13-14H2,1-3H3/b11-7+,12-8+. The van der Waals surface area contributed by atoms with Gasteiger partial charge in [0.15, 0.2) is 12.1 Å². The van der Waals surface area contributed by atoms with Gasteiger partial charge in [0.2, 0.25) is 0 Å². The zero-order chi connectivity index (χ0) is 18.9. The normalized spacial score (nSPS) is 14.3. The van der Waals surface area contributed by atoms with Gasteiger partial charge in [0.25, 0.3) is 0 Å². The van der Waals surface area contributed by atoms with E-state index in [0.717, 1.165) is 5.56 Å². The molecule has 0 saturated heterocycles. The summed E-state index contributed by atoms with van der Waals surface area (Å²) in [6.07, 6.45) is 0.302. The number of hydrogen-bond acceptors (Lipinski definition) is 3. The molecule has 0 bridgehead atoms. The molecule has 0 aromatic heterocycles. The van der Waals surface area contributed by atoms with Crippen molar-refractivity contribution in [3.8, 4) is 0 Å². The first-order valence-corrected chi connectivity index (χ1v) is 7.84. The van der Waals surface area contributed by atoms with Crippen LogP contribution in [0.5, 0.6) is 0 Å². The van der Waals surface area contributed by atoms with Crippen molar-refractivity contribution in [2.45, 2.75) is 45.3 Å². The van der Waals surface area contributed by atoms with Gasteiger partial charge in [-0.2, -0.15) is 13.2 Å². The Morgan fingerprint density at radius 2 is 1.76 bits per heavy atom. The summed E-state index contributed by atoms with van der Waals surface area (Å²) in [6, 6.07) is 9.49. The fourth-order valence-electron chi connectivity index (χ4n) is 1.84. The highest BCUT2D eigenvalue weighted by atomic mass is 19.4. The fraction of sp³-hybridized carbons (Fsp3) is 0.421. The topological polar surface area (TPSA) is 35.5 Å². The molecule has 0 saturated carbocycles. The van der Waals surface area contributed by atoms with E-state index >= 15 is 0 Å². The highest BCUT2D eigenvalue weighted by molar-refractivity contribution is 5.90. The molecule has 0 spiro atoms. The molecule has 0 amide bonds. The number of carbonyl (C=O) groups excluding carboxylic acids is 1. The van der Waals surface area contributed by atoms with Crippen LogP contribution in [0.2, 0.25) is 0 Å². The molecule has 1 aromatic carbocycles. The van der Waals surface area contributed by atoms with Gasteiger partial charge in [-0.15, -0.1) is 0 Å². The van der Waals surface area contributed by atoms with Crippen LogP contribution in [0.3, 0.4) is 0 Å². The van der Waals surface area contributed by atoms with Crippen LogP contribution >= 0.6 is 0 Å². The summed E-state index contributed by atoms with van der Waals surface area (Å²) in [5.41, 5.74) is 0.245. The summed E-state index contributed by atoms with van der Waals surface area (Å²) < 4.78 is 47.0. The smallest absolute Gasteiger partial charge is 0.347 e. The van der Waals surface area contributed by atoms with Crippen molar-refractivity contribution >= 4 is 11.9 Å². The van der Waals surface area contributed by atoms with Crippen molar-refractivity contribution in [3.05, 3.63) is 54.1 Å². The van der Waals surface area contributed by atoms with Gasteiger partial charge in [-0.3, -0.25) is 4.79 Å². The number of ketones is 1. The van der Waals surface area contributed by atoms with Crippen LogP contribution in [-0.2, 0) is 14.3 Å². The Morgan fingerprint density at radius 3 is 2.32 bits per heavy atom.